The monoisotopic (exact) mass is 163 g/mol. The summed E-state index contributed by atoms with van der Waals surface area (Å²) in [4.78, 5) is 0. The van der Waals surface area contributed by atoms with Crippen molar-refractivity contribution >= 4 is 5.57 Å². The average Bonchev–Trinajstić information content (AvgIpc) is 2.46. The first-order valence-electron chi connectivity index (χ1n) is 3.99. The molecule has 62 valence electrons. The van der Waals surface area contributed by atoms with Crippen molar-refractivity contribution in [2.45, 2.75) is 6.42 Å². The largest absolute Gasteiger partial charge is 0.326 e. The first-order chi connectivity index (χ1) is 5.81. The fourth-order valence-electron chi connectivity index (χ4n) is 1.58. The third-order valence-electron chi connectivity index (χ3n) is 2.20. The number of fused-ring (bicyclic) bond motifs is 1. The summed E-state index contributed by atoms with van der Waals surface area (Å²) in [5, 5.41) is 0. The van der Waals surface area contributed by atoms with Crippen LogP contribution >= 0.6 is 0 Å². The SMILES string of the molecule is NCC1=CCc2cc(F)ccc21. The topological polar surface area (TPSA) is 26.0 Å². The van der Waals surface area contributed by atoms with Gasteiger partial charge in [0.1, 0.15) is 5.82 Å². The van der Waals surface area contributed by atoms with E-state index in [1.807, 2.05) is 0 Å². The van der Waals surface area contributed by atoms with Gasteiger partial charge in [-0.1, -0.05) is 12.1 Å². The van der Waals surface area contributed by atoms with Gasteiger partial charge in [-0.2, -0.15) is 0 Å². The van der Waals surface area contributed by atoms with E-state index in [9.17, 15) is 4.39 Å². The number of hydrogen-bond donors (Lipinski definition) is 1. The molecule has 0 amide bonds. The quantitative estimate of drug-likeness (QED) is 0.670. The molecule has 0 spiro atoms. The zero-order chi connectivity index (χ0) is 8.55. The van der Waals surface area contributed by atoms with Gasteiger partial charge in [0.15, 0.2) is 0 Å². The van der Waals surface area contributed by atoms with Crippen LogP contribution in [0.1, 0.15) is 11.1 Å². The smallest absolute Gasteiger partial charge is 0.123 e. The highest BCUT2D eigenvalue weighted by Gasteiger charge is 2.12. The van der Waals surface area contributed by atoms with E-state index in [0.29, 0.717) is 6.54 Å². The molecule has 0 heterocycles. The van der Waals surface area contributed by atoms with E-state index < -0.39 is 0 Å². The van der Waals surface area contributed by atoms with Crippen molar-refractivity contribution in [3.8, 4) is 0 Å². The molecule has 0 saturated carbocycles. The second-order valence-electron chi connectivity index (χ2n) is 2.94. The van der Waals surface area contributed by atoms with Gasteiger partial charge >= 0.3 is 0 Å². The molecule has 2 heteroatoms. The molecule has 0 atom stereocenters. The average molecular weight is 163 g/mol. The van der Waals surface area contributed by atoms with Crippen LogP contribution in [0.4, 0.5) is 4.39 Å². The van der Waals surface area contributed by atoms with Crippen LogP contribution in [0, 0.1) is 5.82 Å². The lowest BCUT2D eigenvalue weighted by Crippen LogP contribution is -2.00. The molecule has 12 heavy (non-hydrogen) atoms. The van der Waals surface area contributed by atoms with E-state index in [-0.39, 0.29) is 5.82 Å². The van der Waals surface area contributed by atoms with Crippen molar-refractivity contribution in [1.82, 2.24) is 0 Å². The van der Waals surface area contributed by atoms with E-state index in [2.05, 4.69) is 6.08 Å². The molecular weight excluding hydrogens is 153 g/mol. The lowest BCUT2D eigenvalue weighted by atomic mass is 10.1. The lowest BCUT2D eigenvalue weighted by Gasteiger charge is -2.01. The van der Waals surface area contributed by atoms with E-state index in [1.165, 1.54) is 6.07 Å². The Labute approximate surface area is 70.7 Å². The zero-order valence-corrected chi connectivity index (χ0v) is 6.68. The Morgan fingerprint density at radius 2 is 2.25 bits per heavy atom. The predicted molar refractivity (Wildman–Crippen MR) is 47.1 cm³/mol. The van der Waals surface area contributed by atoms with Crippen molar-refractivity contribution < 1.29 is 4.39 Å². The molecule has 0 radical (unpaired) electrons. The van der Waals surface area contributed by atoms with Crippen LogP contribution in [-0.2, 0) is 6.42 Å². The summed E-state index contributed by atoms with van der Waals surface area (Å²) >= 11 is 0. The maximum atomic E-state index is 12.7. The Morgan fingerprint density at radius 1 is 1.42 bits per heavy atom. The molecule has 0 unspecified atom stereocenters. The third kappa shape index (κ3) is 1.04. The molecule has 2 rings (SSSR count). The molecule has 1 aliphatic rings. The molecule has 0 bridgehead atoms. The highest BCUT2D eigenvalue weighted by molar-refractivity contribution is 5.73. The minimum absolute atomic E-state index is 0.166. The minimum Gasteiger partial charge on any atom is -0.326 e. The van der Waals surface area contributed by atoms with Gasteiger partial charge in [-0.3, -0.25) is 0 Å². The number of allylic oxidation sites excluding steroid dienone is 1. The number of nitrogens with two attached hydrogens (primary N) is 1. The highest BCUT2D eigenvalue weighted by Crippen LogP contribution is 2.26. The van der Waals surface area contributed by atoms with Crippen molar-refractivity contribution in [3.05, 3.63) is 41.2 Å². The third-order valence-corrected chi connectivity index (χ3v) is 2.20. The van der Waals surface area contributed by atoms with Crippen LogP contribution in [0.25, 0.3) is 5.57 Å². The van der Waals surface area contributed by atoms with Crippen LogP contribution in [0.3, 0.4) is 0 Å². The van der Waals surface area contributed by atoms with Crippen LogP contribution in [0.15, 0.2) is 24.3 Å². The van der Waals surface area contributed by atoms with E-state index in [4.69, 9.17) is 5.73 Å². The summed E-state index contributed by atoms with van der Waals surface area (Å²) in [6, 6.07) is 4.86. The van der Waals surface area contributed by atoms with Crippen LogP contribution in [0.2, 0.25) is 0 Å². The van der Waals surface area contributed by atoms with Gasteiger partial charge in [-0.25, -0.2) is 4.39 Å². The van der Waals surface area contributed by atoms with Gasteiger partial charge in [0.2, 0.25) is 0 Å². The Morgan fingerprint density at radius 3 is 3.00 bits per heavy atom. The Balaban J connectivity index is 2.47. The summed E-state index contributed by atoms with van der Waals surface area (Å²) < 4.78 is 12.7. The van der Waals surface area contributed by atoms with Crippen molar-refractivity contribution in [3.63, 3.8) is 0 Å². The summed E-state index contributed by atoms with van der Waals surface area (Å²) in [6.07, 6.45) is 2.88. The predicted octanol–water partition coefficient (Wildman–Crippen LogP) is 1.72. The highest BCUT2D eigenvalue weighted by atomic mass is 19.1. The van der Waals surface area contributed by atoms with Gasteiger partial charge in [0.05, 0.1) is 0 Å². The maximum absolute atomic E-state index is 12.7. The van der Waals surface area contributed by atoms with Crippen molar-refractivity contribution in [1.29, 1.82) is 0 Å². The number of hydrogen-bond acceptors (Lipinski definition) is 1. The van der Waals surface area contributed by atoms with E-state index in [1.54, 1.807) is 12.1 Å². The first kappa shape index (κ1) is 7.50. The minimum atomic E-state index is -0.166. The fraction of sp³-hybridized carbons (Fsp3) is 0.200. The number of benzene rings is 1. The maximum Gasteiger partial charge on any atom is 0.123 e. The van der Waals surface area contributed by atoms with Crippen molar-refractivity contribution in [2.24, 2.45) is 5.73 Å². The van der Waals surface area contributed by atoms with Crippen LogP contribution in [-0.4, -0.2) is 6.54 Å². The zero-order valence-electron chi connectivity index (χ0n) is 6.68. The molecule has 0 aromatic heterocycles. The number of halogens is 1. The molecule has 1 aromatic carbocycles. The molecular formula is C10H10FN. The van der Waals surface area contributed by atoms with Gasteiger partial charge in [0.25, 0.3) is 0 Å². The lowest BCUT2D eigenvalue weighted by molar-refractivity contribution is 0.626. The normalized spacial score (nSPS) is 14.3. The molecule has 2 N–H and O–H groups in total. The molecule has 0 fully saturated rings. The molecule has 0 saturated heterocycles. The van der Waals surface area contributed by atoms with Crippen LogP contribution in [0.5, 0.6) is 0 Å². The van der Waals surface area contributed by atoms with Crippen molar-refractivity contribution in [2.75, 3.05) is 6.54 Å². The Bertz CT molecular complexity index is 342. The second kappa shape index (κ2) is 2.72. The van der Waals surface area contributed by atoms with Gasteiger partial charge in [0, 0.05) is 6.54 Å². The standard InChI is InChI=1S/C10H10FN/c11-9-3-4-10-7(5-9)1-2-8(10)6-12/h2-5H,1,6,12H2. The van der Waals surface area contributed by atoms with E-state index >= 15 is 0 Å². The van der Waals surface area contributed by atoms with Gasteiger partial charge in [-0.15, -0.1) is 0 Å². The van der Waals surface area contributed by atoms with Gasteiger partial charge in [-0.05, 0) is 35.3 Å². The summed E-state index contributed by atoms with van der Waals surface area (Å²) in [6.45, 7) is 0.540. The molecule has 1 aliphatic carbocycles. The number of rotatable bonds is 1. The summed E-state index contributed by atoms with van der Waals surface area (Å²) in [7, 11) is 0. The Kier molecular flexibility index (Phi) is 1.70. The Hall–Kier alpha value is -1.15. The molecule has 0 aliphatic heterocycles. The summed E-state index contributed by atoms with van der Waals surface area (Å²) in [5.41, 5.74) is 8.82. The fourth-order valence-corrected chi connectivity index (χ4v) is 1.58. The van der Waals surface area contributed by atoms with Gasteiger partial charge < -0.3 is 5.73 Å². The second-order valence-corrected chi connectivity index (χ2v) is 2.94. The summed E-state index contributed by atoms with van der Waals surface area (Å²) in [5.74, 6) is -0.166. The first-order valence-corrected chi connectivity index (χ1v) is 3.99. The van der Waals surface area contributed by atoms with E-state index in [0.717, 1.165) is 23.1 Å². The molecule has 1 nitrogen and oxygen atoms in total. The molecule has 1 aromatic rings. The van der Waals surface area contributed by atoms with Crippen LogP contribution < -0.4 is 5.73 Å².